The summed E-state index contributed by atoms with van der Waals surface area (Å²) in [5.74, 6) is 2.42. The molecule has 180 valence electrons. The molecule has 1 fully saturated rings. The SMILES string of the molecule is CCCSCCCN1C(=O)c2nc3ccccc3n2C[C@@]1(C)C(=O)NC1CCCCCCC1. The van der Waals surface area contributed by atoms with Gasteiger partial charge >= 0.3 is 0 Å². The van der Waals surface area contributed by atoms with Gasteiger partial charge in [-0.25, -0.2) is 4.98 Å². The summed E-state index contributed by atoms with van der Waals surface area (Å²) in [4.78, 5) is 33.9. The number of thioether (sulfide) groups is 1. The average molecular weight is 471 g/mol. The molecular weight excluding hydrogens is 432 g/mol. The van der Waals surface area contributed by atoms with Crippen molar-refractivity contribution >= 4 is 34.6 Å². The van der Waals surface area contributed by atoms with E-state index < -0.39 is 5.54 Å². The second-order valence-corrected chi connectivity index (χ2v) is 10.9. The van der Waals surface area contributed by atoms with Gasteiger partial charge in [-0.05, 0) is 56.2 Å². The topological polar surface area (TPSA) is 67.2 Å². The van der Waals surface area contributed by atoms with Gasteiger partial charge in [-0.2, -0.15) is 11.8 Å². The van der Waals surface area contributed by atoms with Gasteiger partial charge < -0.3 is 14.8 Å². The number of benzene rings is 1. The number of imidazole rings is 1. The number of carbonyl (C=O) groups excluding carboxylic acids is 2. The lowest BCUT2D eigenvalue weighted by molar-refractivity contribution is -0.133. The van der Waals surface area contributed by atoms with Crippen LogP contribution in [-0.2, 0) is 11.3 Å². The molecule has 1 saturated carbocycles. The molecule has 0 spiro atoms. The van der Waals surface area contributed by atoms with Crippen LogP contribution in [0.15, 0.2) is 24.3 Å². The van der Waals surface area contributed by atoms with Crippen molar-refractivity contribution in [3.05, 3.63) is 30.1 Å². The number of hydrogen-bond acceptors (Lipinski definition) is 4. The number of hydrogen-bond donors (Lipinski definition) is 1. The van der Waals surface area contributed by atoms with E-state index in [2.05, 4.69) is 17.2 Å². The second kappa shape index (κ2) is 10.9. The highest BCUT2D eigenvalue weighted by Crippen LogP contribution is 2.31. The zero-order chi connectivity index (χ0) is 23.3. The maximum absolute atomic E-state index is 13.8. The summed E-state index contributed by atoms with van der Waals surface area (Å²) in [5, 5.41) is 3.36. The third kappa shape index (κ3) is 5.23. The van der Waals surface area contributed by atoms with Crippen LogP contribution in [0.5, 0.6) is 0 Å². The minimum Gasteiger partial charge on any atom is -0.351 e. The zero-order valence-electron chi connectivity index (χ0n) is 20.1. The molecule has 1 aromatic heterocycles. The summed E-state index contributed by atoms with van der Waals surface area (Å²) in [6.45, 7) is 5.14. The Kier molecular flexibility index (Phi) is 7.99. The van der Waals surface area contributed by atoms with Crippen LogP contribution < -0.4 is 5.32 Å². The summed E-state index contributed by atoms with van der Waals surface area (Å²) in [6, 6.07) is 8.03. The Bertz CT molecular complexity index is 966. The van der Waals surface area contributed by atoms with E-state index in [1.54, 1.807) is 4.90 Å². The van der Waals surface area contributed by atoms with E-state index in [1.807, 2.05) is 47.5 Å². The molecule has 2 aliphatic rings. The van der Waals surface area contributed by atoms with Gasteiger partial charge in [-0.15, -0.1) is 0 Å². The lowest BCUT2D eigenvalue weighted by atomic mass is 9.92. The molecule has 0 bridgehead atoms. The lowest BCUT2D eigenvalue weighted by Crippen LogP contribution is -2.65. The van der Waals surface area contributed by atoms with E-state index in [9.17, 15) is 9.59 Å². The monoisotopic (exact) mass is 470 g/mol. The largest absolute Gasteiger partial charge is 0.351 e. The van der Waals surface area contributed by atoms with Gasteiger partial charge in [0.2, 0.25) is 5.91 Å². The van der Waals surface area contributed by atoms with E-state index >= 15 is 0 Å². The van der Waals surface area contributed by atoms with Gasteiger partial charge in [-0.3, -0.25) is 9.59 Å². The van der Waals surface area contributed by atoms with Crippen LogP contribution in [0, 0.1) is 0 Å². The van der Waals surface area contributed by atoms with Crippen LogP contribution in [0.4, 0.5) is 0 Å². The first kappa shape index (κ1) is 24.1. The van der Waals surface area contributed by atoms with Crippen LogP contribution in [0.2, 0.25) is 0 Å². The first-order chi connectivity index (χ1) is 16.0. The number of amides is 2. The molecule has 2 heterocycles. The maximum atomic E-state index is 13.8. The molecule has 1 aromatic carbocycles. The van der Waals surface area contributed by atoms with Gasteiger partial charge in [0.05, 0.1) is 17.6 Å². The molecule has 33 heavy (non-hydrogen) atoms. The number of fused-ring (bicyclic) bond motifs is 3. The predicted molar refractivity (Wildman–Crippen MR) is 136 cm³/mol. The molecule has 1 N–H and O–H groups in total. The number of rotatable bonds is 8. The first-order valence-electron chi connectivity index (χ1n) is 12.7. The second-order valence-electron chi connectivity index (χ2n) is 9.72. The zero-order valence-corrected chi connectivity index (χ0v) is 21.0. The summed E-state index contributed by atoms with van der Waals surface area (Å²) in [5.41, 5.74) is 0.804. The van der Waals surface area contributed by atoms with Crippen molar-refractivity contribution in [3.8, 4) is 0 Å². The van der Waals surface area contributed by atoms with Gasteiger partial charge in [0.25, 0.3) is 5.91 Å². The number of nitrogens with one attached hydrogen (secondary N) is 1. The Morgan fingerprint density at radius 3 is 2.64 bits per heavy atom. The Hall–Kier alpha value is -2.02. The molecule has 1 aliphatic heterocycles. The smallest absolute Gasteiger partial charge is 0.290 e. The van der Waals surface area contributed by atoms with Gasteiger partial charge in [0.1, 0.15) is 5.54 Å². The van der Waals surface area contributed by atoms with E-state index in [1.165, 1.54) is 19.3 Å². The average Bonchev–Trinajstić information content (AvgIpc) is 3.16. The van der Waals surface area contributed by atoms with E-state index in [0.717, 1.165) is 61.1 Å². The van der Waals surface area contributed by atoms with Gasteiger partial charge in [0.15, 0.2) is 5.82 Å². The van der Waals surface area contributed by atoms with Crippen molar-refractivity contribution < 1.29 is 9.59 Å². The highest BCUT2D eigenvalue weighted by atomic mass is 32.2. The minimum atomic E-state index is -0.925. The van der Waals surface area contributed by atoms with Crippen molar-refractivity contribution in [2.75, 3.05) is 18.1 Å². The Balaban J connectivity index is 1.59. The number of nitrogens with zero attached hydrogens (tertiary/aromatic N) is 3. The number of para-hydroxylation sites is 2. The molecule has 1 aliphatic carbocycles. The van der Waals surface area contributed by atoms with Crippen molar-refractivity contribution in [2.24, 2.45) is 0 Å². The molecule has 0 saturated heterocycles. The molecule has 2 aromatic rings. The molecule has 7 heteroatoms. The minimum absolute atomic E-state index is 0.0222. The number of aromatic nitrogens is 2. The lowest BCUT2D eigenvalue weighted by Gasteiger charge is -2.44. The molecule has 2 amide bonds. The Morgan fingerprint density at radius 1 is 1.15 bits per heavy atom. The highest BCUT2D eigenvalue weighted by molar-refractivity contribution is 7.99. The van der Waals surface area contributed by atoms with Crippen LogP contribution in [0.25, 0.3) is 11.0 Å². The summed E-state index contributed by atoms with van der Waals surface area (Å²) in [7, 11) is 0. The van der Waals surface area contributed by atoms with Crippen LogP contribution in [0.1, 0.15) is 82.3 Å². The molecule has 0 unspecified atom stereocenters. The Labute approximate surface area is 201 Å². The molecular formula is C26H38N4O2S. The molecule has 0 radical (unpaired) electrons. The highest BCUT2D eigenvalue weighted by Gasteiger charge is 2.48. The third-order valence-electron chi connectivity index (χ3n) is 7.10. The quantitative estimate of drug-likeness (QED) is 0.551. The maximum Gasteiger partial charge on any atom is 0.290 e. The fourth-order valence-corrected chi connectivity index (χ4v) is 6.02. The standard InChI is InChI=1S/C26H38N4O2S/c1-3-17-33-18-11-16-30-24(31)23-28-21-14-9-10-15-22(21)29(23)19-26(30,2)25(32)27-20-12-7-5-4-6-8-13-20/h9-10,14-15,20H,3-8,11-13,16-19H2,1-2H3,(H,27,32)/t26-/m0/s1. The van der Waals surface area contributed by atoms with Crippen LogP contribution in [0.3, 0.4) is 0 Å². The summed E-state index contributed by atoms with van der Waals surface area (Å²) < 4.78 is 1.96. The fourth-order valence-electron chi connectivity index (χ4n) is 5.19. The van der Waals surface area contributed by atoms with Crippen molar-refractivity contribution in [1.82, 2.24) is 19.8 Å². The number of carbonyl (C=O) groups is 2. The van der Waals surface area contributed by atoms with Crippen LogP contribution in [-0.4, -0.2) is 55.9 Å². The van der Waals surface area contributed by atoms with E-state index in [4.69, 9.17) is 0 Å². The normalized spacial score (nSPS) is 22.1. The van der Waals surface area contributed by atoms with Crippen molar-refractivity contribution in [3.63, 3.8) is 0 Å². The van der Waals surface area contributed by atoms with Crippen LogP contribution >= 0.6 is 11.8 Å². The predicted octanol–water partition coefficient (Wildman–Crippen LogP) is 5.01. The third-order valence-corrected chi connectivity index (χ3v) is 8.38. The molecule has 4 rings (SSSR count). The van der Waals surface area contributed by atoms with Crippen molar-refractivity contribution in [1.29, 1.82) is 0 Å². The van der Waals surface area contributed by atoms with E-state index in [0.29, 0.717) is 18.9 Å². The Morgan fingerprint density at radius 2 is 1.88 bits per heavy atom. The van der Waals surface area contributed by atoms with Crippen molar-refractivity contribution in [2.45, 2.75) is 89.8 Å². The molecule has 1 atom stereocenters. The van der Waals surface area contributed by atoms with E-state index in [-0.39, 0.29) is 17.9 Å². The summed E-state index contributed by atoms with van der Waals surface area (Å²) in [6.07, 6.45) is 10.2. The van der Waals surface area contributed by atoms with Gasteiger partial charge in [0, 0.05) is 12.6 Å². The first-order valence-corrected chi connectivity index (χ1v) is 13.9. The summed E-state index contributed by atoms with van der Waals surface area (Å²) >= 11 is 1.91. The van der Waals surface area contributed by atoms with Gasteiger partial charge in [-0.1, -0.05) is 51.2 Å². The fraction of sp³-hybridized carbons (Fsp3) is 0.654. The molecule has 6 nitrogen and oxygen atoms in total.